The van der Waals surface area contributed by atoms with E-state index in [1.807, 2.05) is 10.9 Å². The fraction of sp³-hybridized carbons (Fsp3) is 0.500. The number of esters is 1. The summed E-state index contributed by atoms with van der Waals surface area (Å²) in [6, 6.07) is 3.80. The van der Waals surface area contributed by atoms with E-state index in [0.717, 1.165) is 5.56 Å². The second-order valence-corrected chi connectivity index (χ2v) is 6.93. The van der Waals surface area contributed by atoms with Crippen LogP contribution in [0.1, 0.15) is 47.8 Å². The van der Waals surface area contributed by atoms with Crippen LogP contribution < -0.4 is 4.90 Å². The zero-order valence-electron chi connectivity index (χ0n) is 14.6. The molecule has 0 amide bonds. The van der Waals surface area contributed by atoms with Gasteiger partial charge in [-0.3, -0.25) is 4.68 Å². The van der Waals surface area contributed by atoms with E-state index in [1.54, 1.807) is 13.0 Å². The maximum absolute atomic E-state index is 12.0. The number of hydrogen-bond donors (Lipinski definition) is 0. The second kappa shape index (κ2) is 7.25. The lowest BCUT2D eigenvalue weighted by molar-refractivity contribution is 0.0394. The van der Waals surface area contributed by atoms with Gasteiger partial charge in [0.15, 0.2) is 0 Å². The van der Waals surface area contributed by atoms with Crippen LogP contribution in [0.4, 0.5) is 5.82 Å². The number of anilines is 1. The lowest BCUT2D eigenvalue weighted by atomic mass is 10.1. The fourth-order valence-corrected chi connectivity index (χ4v) is 3.30. The molecule has 0 N–H and O–H groups in total. The first-order valence-electron chi connectivity index (χ1n) is 8.89. The van der Waals surface area contributed by atoms with Gasteiger partial charge in [-0.05, 0) is 31.9 Å². The Labute approximate surface area is 156 Å². The maximum atomic E-state index is 12.0. The molecule has 1 unspecified atom stereocenters. The average Bonchev–Trinajstić information content (AvgIpc) is 3.38. The SMILES string of the molecule is CCOC(=O)c1cc(Cl)nc(N2CCOC(c3cnn(C4CC4)c3)C2)c1. The van der Waals surface area contributed by atoms with E-state index in [1.165, 1.54) is 18.9 Å². The molecule has 7 nitrogen and oxygen atoms in total. The van der Waals surface area contributed by atoms with Gasteiger partial charge < -0.3 is 14.4 Å². The van der Waals surface area contributed by atoms with E-state index in [9.17, 15) is 4.79 Å². The molecule has 1 aliphatic carbocycles. The van der Waals surface area contributed by atoms with E-state index in [0.29, 0.717) is 43.7 Å². The van der Waals surface area contributed by atoms with Gasteiger partial charge in [0.25, 0.3) is 0 Å². The van der Waals surface area contributed by atoms with Crippen molar-refractivity contribution in [2.24, 2.45) is 0 Å². The van der Waals surface area contributed by atoms with Crippen molar-refractivity contribution in [1.29, 1.82) is 0 Å². The molecule has 0 radical (unpaired) electrons. The Morgan fingerprint density at radius 3 is 3.04 bits per heavy atom. The molecule has 1 atom stereocenters. The Balaban J connectivity index is 1.52. The van der Waals surface area contributed by atoms with Crippen LogP contribution in [0.2, 0.25) is 5.15 Å². The Morgan fingerprint density at radius 2 is 2.27 bits per heavy atom. The van der Waals surface area contributed by atoms with Crippen molar-refractivity contribution >= 4 is 23.4 Å². The van der Waals surface area contributed by atoms with E-state index in [2.05, 4.69) is 21.2 Å². The van der Waals surface area contributed by atoms with Crippen molar-refractivity contribution in [2.45, 2.75) is 31.9 Å². The quantitative estimate of drug-likeness (QED) is 0.590. The molecular formula is C18H21ClN4O3. The standard InChI is InChI=1S/C18H21ClN4O3/c1-2-25-18(24)12-7-16(19)21-17(8-12)22-5-6-26-15(11-22)13-9-20-23(10-13)14-3-4-14/h7-10,14-15H,2-6,11H2,1H3. The van der Waals surface area contributed by atoms with E-state index >= 15 is 0 Å². The second-order valence-electron chi connectivity index (χ2n) is 6.55. The Morgan fingerprint density at radius 1 is 1.42 bits per heavy atom. The highest BCUT2D eigenvalue weighted by Crippen LogP contribution is 2.35. The van der Waals surface area contributed by atoms with Crippen LogP contribution in [0, 0.1) is 0 Å². The summed E-state index contributed by atoms with van der Waals surface area (Å²) in [6.45, 7) is 3.98. The Bertz CT molecular complexity index is 805. The largest absolute Gasteiger partial charge is 0.462 e. The number of carbonyl (C=O) groups is 1. The highest BCUT2D eigenvalue weighted by atomic mass is 35.5. The molecular weight excluding hydrogens is 356 g/mol. The predicted molar refractivity (Wildman–Crippen MR) is 96.6 cm³/mol. The fourth-order valence-electron chi connectivity index (χ4n) is 3.09. The molecule has 1 saturated heterocycles. The molecule has 1 saturated carbocycles. The Kier molecular flexibility index (Phi) is 4.82. The number of morpholine rings is 1. The summed E-state index contributed by atoms with van der Waals surface area (Å²) in [7, 11) is 0. The lowest BCUT2D eigenvalue weighted by Crippen LogP contribution is -2.38. The molecule has 2 aromatic rings. The molecule has 8 heteroatoms. The number of ether oxygens (including phenoxy) is 2. The molecule has 1 aliphatic heterocycles. The molecule has 2 fully saturated rings. The van der Waals surface area contributed by atoms with Crippen LogP contribution in [0.5, 0.6) is 0 Å². The number of aromatic nitrogens is 3. The van der Waals surface area contributed by atoms with Crippen molar-refractivity contribution in [3.63, 3.8) is 0 Å². The third kappa shape index (κ3) is 3.68. The zero-order chi connectivity index (χ0) is 18.1. The number of halogens is 1. The van der Waals surface area contributed by atoms with Crippen LogP contribution in [-0.4, -0.2) is 47.0 Å². The molecule has 2 aromatic heterocycles. The first-order chi connectivity index (χ1) is 12.6. The first-order valence-corrected chi connectivity index (χ1v) is 9.27. The minimum atomic E-state index is -0.395. The van der Waals surface area contributed by atoms with Gasteiger partial charge in [-0.25, -0.2) is 9.78 Å². The Hall–Kier alpha value is -2.12. The molecule has 138 valence electrons. The molecule has 26 heavy (non-hydrogen) atoms. The van der Waals surface area contributed by atoms with Crippen molar-refractivity contribution in [1.82, 2.24) is 14.8 Å². The normalized spacial score (nSPS) is 20.2. The number of nitrogens with zero attached hydrogens (tertiary/aromatic N) is 4. The van der Waals surface area contributed by atoms with Gasteiger partial charge in [0.2, 0.25) is 0 Å². The molecule has 0 aromatic carbocycles. The first kappa shape index (κ1) is 17.3. The van der Waals surface area contributed by atoms with E-state index in [-0.39, 0.29) is 11.3 Å². The van der Waals surface area contributed by atoms with E-state index < -0.39 is 5.97 Å². The van der Waals surface area contributed by atoms with E-state index in [4.69, 9.17) is 21.1 Å². The van der Waals surface area contributed by atoms with Crippen LogP contribution in [-0.2, 0) is 9.47 Å². The van der Waals surface area contributed by atoms with Crippen molar-refractivity contribution in [2.75, 3.05) is 31.2 Å². The summed E-state index contributed by atoms with van der Waals surface area (Å²) in [4.78, 5) is 18.5. The van der Waals surface area contributed by atoms with Gasteiger partial charge in [0, 0.05) is 24.8 Å². The van der Waals surface area contributed by atoms with Gasteiger partial charge >= 0.3 is 5.97 Å². The zero-order valence-corrected chi connectivity index (χ0v) is 15.4. The molecule has 2 aliphatic rings. The van der Waals surface area contributed by atoms with Crippen LogP contribution in [0.3, 0.4) is 0 Å². The summed E-state index contributed by atoms with van der Waals surface area (Å²) >= 11 is 6.12. The molecule has 3 heterocycles. The highest BCUT2D eigenvalue weighted by molar-refractivity contribution is 6.29. The minimum Gasteiger partial charge on any atom is -0.462 e. The average molecular weight is 377 g/mol. The molecule has 0 spiro atoms. The predicted octanol–water partition coefficient (Wildman–Crippen LogP) is 3.02. The molecule has 0 bridgehead atoms. The third-order valence-electron chi connectivity index (χ3n) is 4.60. The monoisotopic (exact) mass is 376 g/mol. The lowest BCUT2D eigenvalue weighted by Gasteiger charge is -2.33. The van der Waals surface area contributed by atoms with Crippen LogP contribution >= 0.6 is 11.6 Å². The molecule has 4 rings (SSSR count). The maximum Gasteiger partial charge on any atom is 0.338 e. The van der Waals surface area contributed by atoms with Gasteiger partial charge in [-0.15, -0.1) is 0 Å². The third-order valence-corrected chi connectivity index (χ3v) is 4.79. The van der Waals surface area contributed by atoms with Crippen molar-refractivity contribution in [3.8, 4) is 0 Å². The summed E-state index contributed by atoms with van der Waals surface area (Å²) in [5.41, 5.74) is 1.47. The summed E-state index contributed by atoms with van der Waals surface area (Å²) < 4.78 is 13.0. The van der Waals surface area contributed by atoms with Gasteiger partial charge in [-0.2, -0.15) is 5.10 Å². The van der Waals surface area contributed by atoms with Gasteiger partial charge in [0.1, 0.15) is 17.1 Å². The van der Waals surface area contributed by atoms with Crippen LogP contribution in [0.15, 0.2) is 24.5 Å². The van der Waals surface area contributed by atoms with Gasteiger partial charge in [0.05, 0.1) is 31.0 Å². The number of pyridine rings is 1. The minimum absolute atomic E-state index is 0.0805. The summed E-state index contributed by atoms with van der Waals surface area (Å²) in [5.74, 6) is 0.261. The highest BCUT2D eigenvalue weighted by Gasteiger charge is 2.28. The van der Waals surface area contributed by atoms with Gasteiger partial charge in [-0.1, -0.05) is 11.6 Å². The number of carbonyl (C=O) groups excluding carboxylic acids is 1. The van der Waals surface area contributed by atoms with Crippen molar-refractivity contribution in [3.05, 3.63) is 40.8 Å². The summed E-state index contributed by atoms with van der Waals surface area (Å²) in [5, 5.41) is 4.72. The van der Waals surface area contributed by atoms with Crippen LogP contribution in [0.25, 0.3) is 0 Å². The smallest absolute Gasteiger partial charge is 0.338 e. The topological polar surface area (TPSA) is 69.5 Å². The summed E-state index contributed by atoms with van der Waals surface area (Å²) in [6.07, 6.45) is 6.26. The number of hydrogen-bond acceptors (Lipinski definition) is 6. The number of rotatable bonds is 5. The van der Waals surface area contributed by atoms with Crippen molar-refractivity contribution < 1.29 is 14.3 Å².